The van der Waals surface area contributed by atoms with Gasteiger partial charge >= 0.3 is 0 Å². The Morgan fingerprint density at radius 1 is 1.12 bits per heavy atom. The van der Waals surface area contributed by atoms with E-state index in [0.29, 0.717) is 13.1 Å². The van der Waals surface area contributed by atoms with Gasteiger partial charge in [0.05, 0.1) is 12.4 Å². The third-order valence-corrected chi connectivity index (χ3v) is 3.66. The molecule has 0 spiro atoms. The van der Waals surface area contributed by atoms with E-state index in [2.05, 4.69) is 15.1 Å². The minimum atomic E-state index is -3.56. The molecule has 0 bridgehead atoms. The van der Waals surface area contributed by atoms with Crippen molar-refractivity contribution in [3.05, 3.63) is 0 Å². The smallest absolute Gasteiger partial charge is 0.284 e. The van der Waals surface area contributed by atoms with Gasteiger partial charge in [-0.1, -0.05) is 0 Å². The maximum atomic E-state index is 11.0. The van der Waals surface area contributed by atoms with E-state index in [-0.39, 0.29) is 12.4 Å². The second-order valence-corrected chi connectivity index (χ2v) is 5.48. The lowest BCUT2D eigenvalue weighted by atomic mass is 10.3. The second kappa shape index (κ2) is 6.48. The molecule has 7 nitrogen and oxygen atoms in total. The number of hydrogen-bond acceptors (Lipinski definition) is 7. The summed E-state index contributed by atoms with van der Waals surface area (Å²) >= 11 is 0. The highest BCUT2D eigenvalue weighted by Crippen LogP contribution is 2.01. The molecular weight excluding hydrogens is 234 g/mol. The third-order valence-electron chi connectivity index (χ3n) is 2.69. The lowest BCUT2D eigenvalue weighted by molar-refractivity contribution is 0.116. The van der Waals surface area contributed by atoms with Gasteiger partial charge in [0.1, 0.15) is 0 Å². The van der Waals surface area contributed by atoms with Crippen LogP contribution >= 0.6 is 0 Å². The molecule has 0 saturated carbocycles. The quantitative estimate of drug-likeness (QED) is 0.519. The maximum absolute atomic E-state index is 11.0. The zero-order valence-electron chi connectivity index (χ0n) is 9.21. The van der Waals surface area contributed by atoms with Crippen molar-refractivity contribution in [3.63, 3.8) is 0 Å². The van der Waals surface area contributed by atoms with E-state index in [9.17, 15) is 8.42 Å². The summed E-state index contributed by atoms with van der Waals surface area (Å²) in [5.74, 6) is 4.56. The molecule has 1 saturated heterocycles. The van der Waals surface area contributed by atoms with Crippen LogP contribution in [0.5, 0.6) is 0 Å². The SMILES string of the molecule is NOS(=O)(=O)CCN1CCN(CCO)CC1. The Hall–Kier alpha value is -0.250. The maximum Gasteiger partial charge on any atom is 0.284 e. The standard InChI is InChI=1S/C8H19N3O4S/c9-15-16(13,14)8-6-11-3-1-10(2-4-11)5-7-12/h12H,1-9H2. The Kier molecular flexibility index (Phi) is 5.59. The van der Waals surface area contributed by atoms with Crippen LogP contribution in [0.1, 0.15) is 0 Å². The van der Waals surface area contributed by atoms with Crippen LogP contribution in [-0.4, -0.2) is 75.0 Å². The van der Waals surface area contributed by atoms with Gasteiger partial charge in [0.2, 0.25) is 0 Å². The summed E-state index contributed by atoms with van der Waals surface area (Å²) in [6.45, 7) is 4.59. The van der Waals surface area contributed by atoms with E-state index >= 15 is 0 Å². The molecule has 96 valence electrons. The number of nitrogens with two attached hydrogens (primary N) is 1. The molecule has 1 fully saturated rings. The minimum absolute atomic E-state index is 0.0799. The van der Waals surface area contributed by atoms with Crippen LogP contribution in [0.3, 0.4) is 0 Å². The van der Waals surface area contributed by atoms with Gasteiger partial charge in [-0.25, -0.2) is 0 Å². The number of β-amino-alcohol motifs (C(OH)–C–C–N with tert-alkyl or cyclic N) is 1. The highest BCUT2D eigenvalue weighted by molar-refractivity contribution is 7.86. The predicted octanol–water partition coefficient (Wildman–Crippen LogP) is -2.18. The van der Waals surface area contributed by atoms with Crippen LogP contribution in [0, 0.1) is 0 Å². The summed E-state index contributed by atoms with van der Waals surface area (Å²) in [7, 11) is -3.56. The number of aliphatic hydroxyl groups is 1. The monoisotopic (exact) mass is 253 g/mol. The first kappa shape index (κ1) is 13.8. The molecule has 0 unspecified atom stereocenters. The molecule has 0 atom stereocenters. The van der Waals surface area contributed by atoms with Crippen molar-refractivity contribution >= 4 is 10.1 Å². The molecule has 1 heterocycles. The molecule has 1 rings (SSSR count). The topological polar surface area (TPSA) is 96.1 Å². The van der Waals surface area contributed by atoms with Crippen molar-refractivity contribution in [3.8, 4) is 0 Å². The van der Waals surface area contributed by atoms with Gasteiger partial charge in [0.25, 0.3) is 10.1 Å². The number of aliphatic hydroxyl groups excluding tert-OH is 1. The number of rotatable bonds is 6. The van der Waals surface area contributed by atoms with Crippen molar-refractivity contribution in [1.82, 2.24) is 9.80 Å². The molecule has 0 aromatic heterocycles. The number of nitrogens with zero attached hydrogens (tertiary/aromatic N) is 2. The first-order chi connectivity index (χ1) is 7.57. The van der Waals surface area contributed by atoms with E-state index in [1.807, 2.05) is 4.90 Å². The van der Waals surface area contributed by atoms with Crippen molar-refractivity contribution in [2.75, 3.05) is 51.6 Å². The van der Waals surface area contributed by atoms with Crippen LogP contribution in [0.4, 0.5) is 0 Å². The van der Waals surface area contributed by atoms with Crippen molar-refractivity contribution < 1.29 is 17.8 Å². The van der Waals surface area contributed by atoms with Crippen molar-refractivity contribution in [1.29, 1.82) is 0 Å². The highest BCUT2D eigenvalue weighted by Gasteiger charge is 2.18. The molecule has 1 aliphatic rings. The Morgan fingerprint density at radius 3 is 2.06 bits per heavy atom. The Labute approximate surface area is 95.8 Å². The van der Waals surface area contributed by atoms with E-state index in [0.717, 1.165) is 26.2 Å². The largest absolute Gasteiger partial charge is 0.395 e. The highest BCUT2D eigenvalue weighted by atomic mass is 32.2. The average molecular weight is 253 g/mol. The summed E-state index contributed by atoms with van der Waals surface area (Å²) in [6.07, 6.45) is 0. The van der Waals surface area contributed by atoms with Crippen molar-refractivity contribution in [2.24, 2.45) is 5.90 Å². The second-order valence-electron chi connectivity index (χ2n) is 3.76. The van der Waals surface area contributed by atoms with Gasteiger partial charge < -0.3 is 5.11 Å². The summed E-state index contributed by atoms with van der Waals surface area (Å²) in [6, 6.07) is 0. The van der Waals surface area contributed by atoms with E-state index in [1.54, 1.807) is 0 Å². The minimum Gasteiger partial charge on any atom is -0.395 e. The fourth-order valence-electron chi connectivity index (χ4n) is 1.67. The fourth-order valence-corrected chi connectivity index (χ4v) is 2.24. The van der Waals surface area contributed by atoms with E-state index in [4.69, 9.17) is 5.11 Å². The molecule has 8 heteroatoms. The molecular formula is C8H19N3O4S. The van der Waals surface area contributed by atoms with Crippen molar-refractivity contribution in [2.45, 2.75) is 0 Å². The zero-order chi connectivity index (χ0) is 12.0. The van der Waals surface area contributed by atoms with Crippen LogP contribution in [-0.2, 0) is 14.4 Å². The lowest BCUT2D eigenvalue weighted by Gasteiger charge is -2.34. The molecule has 0 aliphatic carbocycles. The fraction of sp³-hybridized carbons (Fsp3) is 1.00. The number of hydrogen-bond donors (Lipinski definition) is 2. The molecule has 3 N–H and O–H groups in total. The average Bonchev–Trinajstić information content (AvgIpc) is 2.29. The third kappa shape index (κ3) is 4.73. The van der Waals surface area contributed by atoms with Gasteiger partial charge in [0, 0.05) is 39.3 Å². The van der Waals surface area contributed by atoms with Crippen LogP contribution in [0.25, 0.3) is 0 Å². The molecule has 16 heavy (non-hydrogen) atoms. The number of piperazine rings is 1. The molecule has 0 radical (unpaired) electrons. The van der Waals surface area contributed by atoms with Gasteiger partial charge in [-0.2, -0.15) is 18.6 Å². The Balaban J connectivity index is 2.22. The Morgan fingerprint density at radius 2 is 1.62 bits per heavy atom. The molecule has 0 aromatic carbocycles. The first-order valence-electron chi connectivity index (χ1n) is 5.24. The van der Waals surface area contributed by atoms with Gasteiger partial charge in [0.15, 0.2) is 0 Å². The normalized spacial score (nSPS) is 20.1. The zero-order valence-corrected chi connectivity index (χ0v) is 10.0. The van der Waals surface area contributed by atoms with Gasteiger partial charge in [-0.3, -0.25) is 9.80 Å². The van der Waals surface area contributed by atoms with Crippen LogP contribution in [0.15, 0.2) is 0 Å². The lowest BCUT2D eigenvalue weighted by Crippen LogP contribution is -2.48. The summed E-state index contributed by atoms with van der Waals surface area (Å²) in [4.78, 5) is 4.19. The Bertz CT molecular complexity index is 288. The molecule has 0 amide bonds. The summed E-state index contributed by atoms with van der Waals surface area (Å²) in [5.41, 5.74) is 0. The van der Waals surface area contributed by atoms with Crippen LogP contribution < -0.4 is 5.90 Å². The molecule has 1 aliphatic heterocycles. The van der Waals surface area contributed by atoms with E-state index < -0.39 is 10.1 Å². The van der Waals surface area contributed by atoms with E-state index in [1.165, 1.54) is 0 Å². The summed E-state index contributed by atoms with van der Waals surface area (Å²) in [5, 5.41) is 8.76. The van der Waals surface area contributed by atoms with Gasteiger partial charge in [-0.15, -0.1) is 0 Å². The summed E-state index contributed by atoms with van der Waals surface area (Å²) < 4.78 is 25.9. The molecule has 0 aromatic rings. The van der Waals surface area contributed by atoms with Gasteiger partial charge in [-0.05, 0) is 0 Å². The first-order valence-corrected chi connectivity index (χ1v) is 6.82. The predicted molar refractivity (Wildman–Crippen MR) is 59.0 cm³/mol. The van der Waals surface area contributed by atoms with Crippen LogP contribution in [0.2, 0.25) is 0 Å².